The number of aryl methyl sites for hydroxylation is 1. The summed E-state index contributed by atoms with van der Waals surface area (Å²) in [5, 5.41) is 0. The highest BCUT2D eigenvalue weighted by molar-refractivity contribution is 7.12. The number of para-hydroxylation sites is 1. The standard InChI is InChI=1S/C27H24N2O2S/c1-18(2)22-11-7-8-12-23(22)29-25(30)17-24(20-9-5-4-6-10-20)32-27(29)28-26(31)21-15-13-19(3)14-16-21/h4-18H,1-3H3. The zero-order valence-electron chi connectivity index (χ0n) is 18.3. The van der Waals surface area contributed by atoms with Crippen LogP contribution in [0.3, 0.4) is 0 Å². The first-order chi connectivity index (χ1) is 15.4. The second-order valence-corrected chi connectivity index (χ2v) is 8.94. The average molecular weight is 441 g/mol. The van der Waals surface area contributed by atoms with Crippen molar-refractivity contribution in [1.82, 2.24) is 4.57 Å². The van der Waals surface area contributed by atoms with Crippen LogP contribution in [0.15, 0.2) is 94.7 Å². The van der Waals surface area contributed by atoms with E-state index >= 15 is 0 Å². The van der Waals surface area contributed by atoms with E-state index in [9.17, 15) is 9.59 Å². The second-order valence-electron chi connectivity index (χ2n) is 7.93. The van der Waals surface area contributed by atoms with Gasteiger partial charge in [0.2, 0.25) is 4.80 Å². The first kappa shape index (κ1) is 21.7. The highest BCUT2D eigenvalue weighted by Crippen LogP contribution is 2.23. The molecule has 0 unspecified atom stereocenters. The van der Waals surface area contributed by atoms with Gasteiger partial charge in [-0.2, -0.15) is 4.99 Å². The zero-order valence-corrected chi connectivity index (χ0v) is 19.1. The third kappa shape index (κ3) is 4.53. The van der Waals surface area contributed by atoms with Gasteiger partial charge in [0.1, 0.15) is 0 Å². The van der Waals surface area contributed by atoms with Crippen LogP contribution in [0, 0.1) is 6.92 Å². The van der Waals surface area contributed by atoms with Gasteiger partial charge in [0.05, 0.1) is 5.69 Å². The van der Waals surface area contributed by atoms with Crippen molar-refractivity contribution < 1.29 is 4.79 Å². The molecule has 0 aliphatic carbocycles. The van der Waals surface area contributed by atoms with E-state index in [0.717, 1.165) is 27.3 Å². The summed E-state index contributed by atoms with van der Waals surface area (Å²) < 4.78 is 1.55. The van der Waals surface area contributed by atoms with Gasteiger partial charge in [-0.25, -0.2) is 0 Å². The van der Waals surface area contributed by atoms with Crippen LogP contribution in [0.4, 0.5) is 0 Å². The summed E-state index contributed by atoms with van der Waals surface area (Å²) in [5.74, 6) is -0.167. The summed E-state index contributed by atoms with van der Waals surface area (Å²) in [4.78, 5) is 31.9. The summed E-state index contributed by atoms with van der Waals surface area (Å²) in [6.07, 6.45) is 0. The number of carbonyl (C=O) groups is 1. The molecule has 0 bridgehead atoms. The normalized spacial score (nSPS) is 11.7. The lowest BCUT2D eigenvalue weighted by Crippen LogP contribution is -2.31. The molecule has 0 atom stereocenters. The van der Waals surface area contributed by atoms with Gasteiger partial charge in [-0.15, -0.1) is 0 Å². The van der Waals surface area contributed by atoms with Crippen molar-refractivity contribution in [1.29, 1.82) is 0 Å². The fraction of sp³-hybridized carbons (Fsp3) is 0.148. The maximum Gasteiger partial charge on any atom is 0.279 e. The fourth-order valence-electron chi connectivity index (χ4n) is 3.51. The molecular weight excluding hydrogens is 416 g/mol. The van der Waals surface area contributed by atoms with E-state index in [0.29, 0.717) is 10.4 Å². The smallest absolute Gasteiger partial charge is 0.269 e. The van der Waals surface area contributed by atoms with E-state index in [1.807, 2.05) is 73.7 Å². The van der Waals surface area contributed by atoms with Crippen LogP contribution in [0.2, 0.25) is 0 Å². The molecule has 4 aromatic rings. The molecule has 0 aliphatic rings. The minimum atomic E-state index is -0.373. The number of hydrogen-bond donors (Lipinski definition) is 0. The Labute approximate surface area is 191 Å². The predicted molar refractivity (Wildman–Crippen MR) is 131 cm³/mol. The minimum absolute atomic E-state index is 0.206. The number of nitrogens with zero attached hydrogens (tertiary/aromatic N) is 2. The first-order valence-corrected chi connectivity index (χ1v) is 11.3. The number of rotatable bonds is 4. The molecule has 1 aromatic heterocycles. The Bertz CT molecular complexity index is 1380. The molecule has 0 aliphatic heterocycles. The minimum Gasteiger partial charge on any atom is -0.269 e. The van der Waals surface area contributed by atoms with Crippen molar-refractivity contribution in [3.8, 4) is 16.1 Å². The van der Waals surface area contributed by atoms with Crippen LogP contribution in [0.5, 0.6) is 0 Å². The van der Waals surface area contributed by atoms with Gasteiger partial charge >= 0.3 is 0 Å². The monoisotopic (exact) mass is 440 g/mol. The molecule has 0 saturated heterocycles. The van der Waals surface area contributed by atoms with E-state index < -0.39 is 0 Å². The molecule has 0 spiro atoms. The van der Waals surface area contributed by atoms with Crippen molar-refractivity contribution in [2.45, 2.75) is 26.7 Å². The molecule has 32 heavy (non-hydrogen) atoms. The Morgan fingerprint density at radius 3 is 2.25 bits per heavy atom. The lowest BCUT2D eigenvalue weighted by atomic mass is 10.0. The molecule has 0 saturated carbocycles. The SMILES string of the molecule is Cc1ccc(C(=O)N=c2sc(-c3ccccc3)cc(=O)n2-c2ccccc2C(C)C)cc1. The average Bonchev–Trinajstić information content (AvgIpc) is 2.80. The maximum atomic E-state index is 13.4. The molecule has 0 radical (unpaired) electrons. The summed E-state index contributed by atoms with van der Waals surface area (Å²) in [6.45, 7) is 6.14. The molecule has 0 fully saturated rings. The Morgan fingerprint density at radius 2 is 1.56 bits per heavy atom. The van der Waals surface area contributed by atoms with E-state index in [1.165, 1.54) is 11.3 Å². The molecule has 160 valence electrons. The molecule has 5 heteroatoms. The van der Waals surface area contributed by atoms with E-state index in [2.05, 4.69) is 18.8 Å². The van der Waals surface area contributed by atoms with E-state index in [1.54, 1.807) is 22.8 Å². The number of amides is 1. The van der Waals surface area contributed by atoms with Gasteiger partial charge in [-0.1, -0.05) is 91.4 Å². The quantitative estimate of drug-likeness (QED) is 0.406. The number of aromatic nitrogens is 1. The molecule has 1 amide bonds. The Hall–Kier alpha value is -3.57. The van der Waals surface area contributed by atoms with Crippen molar-refractivity contribution in [3.63, 3.8) is 0 Å². The number of hydrogen-bond acceptors (Lipinski definition) is 3. The summed E-state index contributed by atoms with van der Waals surface area (Å²) >= 11 is 1.33. The van der Waals surface area contributed by atoms with Gasteiger partial charge in [0.15, 0.2) is 0 Å². The molecule has 3 aromatic carbocycles. The lowest BCUT2D eigenvalue weighted by molar-refractivity contribution is 0.0998. The van der Waals surface area contributed by atoms with Gasteiger partial charge in [0, 0.05) is 16.5 Å². The van der Waals surface area contributed by atoms with Crippen LogP contribution in [-0.4, -0.2) is 10.5 Å². The largest absolute Gasteiger partial charge is 0.279 e. The third-order valence-electron chi connectivity index (χ3n) is 5.22. The Kier molecular flexibility index (Phi) is 6.28. The van der Waals surface area contributed by atoms with Crippen LogP contribution >= 0.6 is 11.3 Å². The van der Waals surface area contributed by atoms with Crippen molar-refractivity contribution in [2.75, 3.05) is 0 Å². The van der Waals surface area contributed by atoms with E-state index in [4.69, 9.17) is 0 Å². The summed E-state index contributed by atoms with van der Waals surface area (Å²) in [6, 6.07) is 26.4. The predicted octanol–water partition coefficient (Wildman–Crippen LogP) is 5.74. The highest BCUT2D eigenvalue weighted by Gasteiger charge is 2.14. The van der Waals surface area contributed by atoms with Gasteiger partial charge in [-0.3, -0.25) is 14.2 Å². The van der Waals surface area contributed by atoms with Crippen LogP contribution < -0.4 is 10.4 Å². The van der Waals surface area contributed by atoms with Gasteiger partial charge in [0.25, 0.3) is 11.5 Å². The zero-order chi connectivity index (χ0) is 22.7. The lowest BCUT2D eigenvalue weighted by Gasteiger charge is -2.15. The molecule has 4 rings (SSSR count). The van der Waals surface area contributed by atoms with Crippen molar-refractivity contribution in [2.24, 2.45) is 4.99 Å². The number of benzene rings is 3. The molecule has 1 heterocycles. The van der Waals surface area contributed by atoms with Crippen molar-refractivity contribution in [3.05, 3.63) is 117 Å². The van der Waals surface area contributed by atoms with Crippen LogP contribution in [0.25, 0.3) is 16.1 Å². The van der Waals surface area contributed by atoms with Gasteiger partial charge in [-0.05, 0) is 42.2 Å². The van der Waals surface area contributed by atoms with Gasteiger partial charge < -0.3 is 0 Å². The molecule has 0 N–H and O–H groups in total. The maximum absolute atomic E-state index is 13.4. The fourth-order valence-corrected chi connectivity index (χ4v) is 4.53. The summed E-state index contributed by atoms with van der Waals surface area (Å²) in [7, 11) is 0. The van der Waals surface area contributed by atoms with E-state index in [-0.39, 0.29) is 17.4 Å². The third-order valence-corrected chi connectivity index (χ3v) is 6.25. The van der Waals surface area contributed by atoms with Crippen LogP contribution in [0.1, 0.15) is 41.3 Å². The topological polar surface area (TPSA) is 51.4 Å². The van der Waals surface area contributed by atoms with Crippen LogP contribution in [-0.2, 0) is 0 Å². The number of carbonyl (C=O) groups excluding carboxylic acids is 1. The second kappa shape index (κ2) is 9.28. The molecular formula is C27H24N2O2S. The summed E-state index contributed by atoms with van der Waals surface area (Å²) in [5.41, 5.74) is 4.03. The van der Waals surface area contributed by atoms with Crippen molar-refractivity contribution >= 4 is 17.2 Å². The Balaban J connectivity index is 1.99. The first-order valence-electron chi connectivity index (χ1n) is 10.5. The highest BCUT2D eigenvalue weighted by atomic mass is 32.1. The Morgan fingerprint density at radius 1 is 0.906 bits per heavy atom. The molecule has 4 nitrogen and oxygen atoms in total.